The van der Waals surface area contributed by atoms with Crippen molar-refractivity contribution in [2.24, 2.45) is 0 Å². The maximum absolute atomic E-state index is 17.8. The van der Waals surface area contributed by atoms with Crippen molar-refractivity contribution in [1.29, 1.82) is 0 Å². The van der Waals surface area contributed by atoms with Gasteiger partial charge in [-0.1, -0.05) is 38.1 Å². The monoisotopic (exact) mass is 654 g/mol. The van der Waals surface area contributed by atoms with Gasteiger partial charge >= 0.3 is 0 Å². The van der Waals surface area contributed by atoms with Gasteiger partial charge in [0.25, 0.3) is 5.56 Å². The number of amides is 1. The van der Waals surface area contributed by atoms with Crippen LogP contribution in [0, 0.1) is 19.7 Å². The van der Waals surface area contributed by atoms with Crippen molar-refractivity contribution in [2.75, 3.05) is 24.6 Å². The zero-order valence-electron chi connectivity index (χ0n) is 27.0. The normalized spacial score (nSPS) is 17.9. The summed E-state index contributed by atoms with van der Waals surface area (Å²) in [5.74, 6) is -0.736. The van der Waals surface area contributed by atoms with E-state index >= 15 is 4.39 Å². The van der Waals surface area contributed by atoms with E-state index in [4.69, 9.17) is 16.3 Å². The molecule has 11 heteroatoms. The van der Waals surface area contributed by atoms with Gasteiger partial charge in [-0.25, -0.2) is 9.37 Å². The van der Waals surface area contributed by atoms with E-state index < -0.39 is 11.4 Å². The minimum absolute atomic E-state index is 0.0674. The van der Waals surface area contributed by atoms with Crippen LogP contribution < -0.4 is 15.2 Å². The van der Waals surface area contributed by atoms with E-state index in [0.717, 1.165) is 16.6 Å². The molecular formula is C36H36ClFN6O3. The highest BCUT2D eigenvalue weighted by Crippen LogP contribution is 2.46. The van der Waals surface area contributed by atoms with Crippen LogP contribution in [0.25, 0.3) is 38.8 Å². The molecule has 0 aliphatic carbocycles. The number of fused-ring (bicyclic) bond motifs is 6. The van der Waals surface area contributed by atoms with E-state index in [9.17, 15) is 9.59 Å². The summed E-state index contributed by atoms with van der Waals surface area (Å²) in [7, 11) is 0. The lowest BCUT2D eigenvalue weighted by molar-refractivity contribution is -0.128. The Morgan fingerprint density at radius 1 is 1.15 bits per heavy atom. The number of nitrogens with one attached hydrogen (secondary N) is 1. The Morgan fingerprint density at radius 2 is 1.94 bits per heavy atom. The number of nitrogens with zero attached hydrogens (tertiary/aromatic N) is 5. The van der Waals surface area contributed by atoms with Gasteiger partial charge in [-0.2, -0.15) is 0 Å². The molecule has 7 rings (SSSR count). The number of piperazine rings is 1. The Morgan fingerprint density at radius 3 is 2.68 bits per heavy atom. The number of aryl methyl sites for hydroxylation is 2. The topological polar surface area (TPSA) is 96.3 Å². The lowest BCUT2D eigenvalue weighted by Gasteiger charge is -2.45. The fourth-order valence-electron chi connectivity index (χ4n) is 7.28. The molecule has 9 nitrogen and oxygen atoms in total. The summed E-state index contributed by atoms with van der Waals surface area (Å²) in [5.41, 5.74) is 4.84. The fourth-order valence-corrected chi connectivity index (χ4v) is 7.57. The van der Waals surface area contributed by atoms with E-state index in [1.807, 2.05) is 52.8 Å². The molecule has 0 radical (unpaired) electrons. The molecule has 1 N–H and O–H groups in total. The minimum Gasteiger partial charge on any atom is -0.486 e. The lowest BCUT2D eigenvalue weighted by Crippen LogP contribution is -2.59. The van der Waals surface area contributed by atoms with E-state index in [2.05, 4.69) is 26.4 Å². The van der Waals surface area contributed by atoms with E-state index in [0.29, 0.717) is 53.0 Å². The molecule has 5 heterocycles. The number of benzene rings is 2. The van der Waals surface area contributed by atoms with Gasteiger partial charge in [0.15, 0.2) is 5.82 Å². The predicted molar refractivity (Wildman–Crippen MR) is 184 cm³/mol. The zero-order valence-corrected chi connectivity index (χ0v) is 27.8. The van der Waals surface area contributed by atoms with Gasteiger partial charge in [-0.05, 0) is 62.1 Å². The molecule has 2 aliphatic heterocycles. The average molecular weight is 655 g/mol. The van der Waals surface area contributed by atoms with Crippen LogP contribution in [0.3, 0.4) is 0 Å². The fraction of sp³-hybridized carbons (Fsp3) is 0.333. The SMILES string of the molecule is C=CC(=O)N1CC2CCOc3c(c4cc(Cl)c(-c5c(C)ccc6[nH]cnc56)c(F)c4n(-c4c(C)ccnc4C(C)C)c3=O)N2CC1C. The van der Waals surface area contributed by atoms with Crippen molar-refractivity contribution in [3.8, 4) is 22.6 Å². The third-order valence-corrected chi connectivity index (χ3v) is 9.84. The van der Waals surface area contributed by atoms with E-state index in [1.165, 1.54) is 10.6 Å². The van der Waals surface area contributed by atoms with Gasteiger partial charge < -0.3 is 19.5 Å². The van der Waals surface area contributed by atoms with Crippen LogP contribution in [-0.4, -0.2) is 62.1 Å². The summed E-state index contributed by atoms with van der Waals surface area (Å²) in [5, 5.41) is 0.626. The molecule has 1 fully saturated rings. The van der Waals surface area contributed by atoms with Crippen molar-refractivity contribution >= 4 is 45.1 Å². The first-order chi connectivity index (χ1) is 22.5. The van der Waals surface area contributed by atoms with Crippen molar-refractivity contribution in [3.63, 3.8) is 0 Å². The first-order valence-electron chi connectivity index (χ1n) is 15.9. The van der Waals surface area contributed by atoms with Gasteiger partial charge in [0.05, 0.1) is 57.6 Å². The number of carbonyl (C=O) groups excluding carboxylic acids is 1. The number of halogens is 2. The Labute approximate surface area is 276 Å². The van der Waals surface area contributed by atoms with E-state index in [1.54, 1.807) is 23.5 Å². The molecule has 47 heavy (non-hydrogen) atoms. The van der Waals surface area contributed by atoms with Crippen molar-refractivity contribution in [3.05, 3.63) is 87.5 Å². The Kier molecular flexibility index (Phi) is 7.58. The molecule has 1 amide bonds. The third kappa shape index (κ3) is 4.72. The molecule has 2 unspecified atom stereocenters. The number of rotatable bonds is 4. The van der Waals surface area contributed by atoms with Crippen LogP contribution in [0.4, 0.5) is 10.1 Å². The molecule has 1 saturated heterocycles. The Hall–Kier alpha value is -4.70. The summed E-state index contributed by atoms with van der Waals surface area (Å²) in [6.45, 7) is 14.5. The number of H-pyrrole nitrogens is 1. The summed E-state index contributed by atoms with van der Waals surface area (Å²) < 4.78 is 25.5. The second-order valence-corrected chi connectivity index (χ2v) is 13.2. The van der Waals surface area contributed by atoms with E-state index in [-0.39, 0.29) is 52.4 Å². The molecule has 2 atom stereocenters. The zero-order chi connectivity index (χ0) is 33.3. The number of hydrogen-bond donors (Lipinski definition) is 1. The summed E-state index contributed by atoms with van der Waals surface area (Å²) in [4.78, 5) is 43.8. The quantitative estimate of drug-likeness (QED) is 0.213. The number of carbonyl (C=O) groups is 1. The number of aromatic amines is 1. The molecule has 3 aromatic heterocycles. The smallest absolute Gasteiger partial charge is 0.300 e. The lowest BCUT2D eigenvalue weighted by atomic mass is 9.95. The van der Waals surface area contributed by atoms with Crippen molar-refractivity contribution < 1.29 is 13.9 Å². The maximum Gasteiger partial charge on any atom is 0.300 e. The second-order valence-electron chi connectivity index (χ2n) is 12.8. The number of ether oxygens (including phenoxy) is 1. The maximum atomic E-state index is 17.8. The highest BCUT2D eigenvalue weighted by Gasteiger charge is 2.39. The Bertz CT molecular complexity index is 2170. The highest BCUT2D eigenvalue weighted by atomic mass is 35.5. The molecule has 0 spiro atoms. The first-order valence-corrected chi connectivity index (χ1v) is 16.2. The molecule has 5 aromatic rings. The van der Waals surface area contributed by atoms with Crippen LogP contribution in [0.5, 0.6) is 5.75 Å². The van der Waals surface area contributed by atoms with Crippen LogP contribution in [0.1, 0.15) is 49.9 Å². The Balaban J connectivity index is 1.62. The van der Waals surface area contributed by atoms with Crippen LogP contribution in [0.2, 0.25) is 5.02 Å². The van der Waals surface area contributed by atoms with Gasteiger partial charge in [-0.15, -0.1) is 0 Å². The standard InChI is InChI=1S/C36H36ClFN6O3/c1-7-26(45)42-16-22-11-13-47-35-34(43(22)15-21(42)6)23-14-24(37)28(27-19(4)8-9-25-31(27)41-17-40-25)29(38)33(23)44(36(35)46)32-20(5)10-12-39-30(32)18(2)3/h7-10,12,14,17-18,21-22H,1,11,13,15-16H2,2-6H3,(H,40,41). The van der Waals surface area contributed by atoms with Crippen LogP contribution in [-0.2, 0) is 4.79 Å². The van der Waals surface area contributed by atoms with Crippen molar-refractivity contribution in [2.45, 2.75) is 59.0 Å². The van der Waals surface area contributed by atoms with Gasteiger partial charge in [0, 0.05) is 48.3 Å². The highest BCUT2D eigenvalue weighted by molar-refractivity contribution is 6.35. The van der Waals surface area contributed by atoms with Gasteiger partial charge in [0.1, 0.15) is 0 Å². The molecule has 2 aliphatic rings. The molecule has 2 aromatic carbocycles. The third-order valence-electron chi connectivity index (χ3n) is 9.54. The minimum atomic E-state index is -0.640. The summed E-state index contributed by atoms with van der Waals surface area (Å²) in [6, 6.07) is 6.98. The number of aromatic nitrogens is 4. The molecule has 0 bridgehead atoms. The molecular weight excluding hydrogens is 619 g/mol. The molecule has 242 valence electrons. The van der Waals surface area contributed by atoms with Crippen molar-refractivity contribution in [1.82, 2.24) is 24.4 Å². The largest absolute Gasteiger partial charge is 0.486 e. The number of pyridine rings is 2. The number of hydrogen-bond acceptors (Lipinski definition) is 6. The number of anilines is 1. The van der Waals surface area contributed by atoms with Crippen LogP contribution in [0.15, 0.2) is 54.2 Å². The van der Waals surface area contributed by atoms with Gasteiger partial charge in [0.2, 0.25) is 11.7 Å². The summed E-state index contributed by atoms with van der Waals surface area (Å²) >= 11 is 7.10. The van der Waals surface area contributed by atoms with Gasteiger partial charge in [-0.3, -0.25) is 19.1 Å². The predicted octanol–water partition coefficient (Wildman–Crippen LogP) is 6.84. The summed E-state index contributed by atoms with van der Waals surface area (Å²) in [6.07, 6.45) is 5.15. The van der Waals surface area contributed by atoms with Crippen LogP contribution >= 0.6 is 11.6 Å². The average Bonchev–Trinajstić information content (AvgIpc) is 3.44. The number of imidazole rings is 1. The first kappa shape index (κ1) is 30.9. The molecule has 0 saturated carbocycles. The second kappa shape index (κ2) is 11.5.